The fourth-order valence-electron chi connectivity index (χ4n) is 2.70. The quantitative estimate of drug-likeness (QED) is 0.870. The van der Waals surface area contributed by atoms with Crippen LogP contribution >= 0.6 is 0 Å². The lowest BCUT2D eigenvalue weighted by Gasteiger charge is -2.26. The van der Waals surface area contributed by atoms with E-state index in [0.717, 1.165) is 37.0 Å². The normalized spacial score (nSPS) is 22.8. The first-order chi connectivity index (χ1) is 10.3. The van der Waals surface area contributed by atoms with Gasteiger partial charge in [0.2, 0.25) is 10.0 Å². The third-order valence-electron chi connectivity index (χ3n) is 3.91. The molecule has 6 heteroatoms. The van der Waals surface area contributed by atoms with Crippen molar-refractivity contribution in [3.8, 4) is 5.75 Å². The van der Waals surface area contributed by atoms with Crippen molar-refractivity contribution in [3.05, 3.63) is 23.8 Å². The lowest BCUT2D eigenvalue weighted by molar-refractivity contribution is 0.240. The maximum atomic E-state index is 12.5. The molecule has 0 aromatic heterocycles. The second kappa shape index (κ2) is 6.98. The van der Waals surface area contributed by atoms with E-state index >= 15 is 0 Å². The lowest BCUT2D eigenvalue weighted by atomic mass is 9.93. The summed E-state index contributed by atoms with van der Waals surface area (Å²) in [5, 5.41) is 0. The Hall–Kier alpha value is -1.11. The highest BCUT2D eigenvalue weighted by molar-refractivity contribution is 7.89. The molecule has 0 spiro atoms. The Bertz CT molecular complexity index is 606. The van der Waals surface area contributed by atoms with Crippen molar-refractivity contribution in [1.29, 1.82) is 0 Å². The summed E-state index contributed by atoms with van der Waals surface area (Å²) >= 11 is 0. The summed E-state index contributed by atoms with van der Waals surface area (Å²) in [5.41, 5.74) is 6.68. The Balaban J connectivity index is 2.10. The van der Waals surface area contributed by atoms with E-state index < -0.39 is 10.0 Å². The van der Waals surface area contributed by atoms with Gasteiger partial charge >= 0.3 is 0 Å². The first-order valence-corrected chi connectivity index (χ1v) is 9.31. The van der Waals surface area contributed by atoms with Gasteiger partial charge in [-0.05, 0) is 70.2 Å². The third kappa shape index (κ3) is 4.44. The van der Waals surface area contributed by atoms with Crippen LogP contribution in [0.3, 0.4) is 0 Å². The van der Waals surface area contributed by atoms with Crippen LogP contribution in [0.4, 0.5) is 0 Å². The van der Waals surface area contributed by atoms with E-state index in [2.05, 4.69) is 4.72 Å². The predicted octanol–water partition coefficient (Wildman–Crippen LogP) is 2.33. The van der Waals surface area contributed by atoms with E-state index in [1.807, 2.05) is 20.8 Å². The molecule has 3 N–H and O–H groups in total. The highest BCUT2D eigenvalue weighted by Gasteiger charge is 2.24. The number of nitrogens with one attached hydrogen (secondary N) is 1. The standard InChI is InChI=1S/C16H26N2O3S/c1-11(2)21-16-9-8-15(10-12(16)3)22(19,20)18-14-6-4-13(17)5-7-14/h8-11,13-14,18H,4-7,17H2,1-3H3. The molecule has 0 atom stereocenters. The monoisotopic (exact) mass is 326 g/mol. The smallest absolute Gasteiger partial charge is 0.240 e. The van der Waals surface area contributed by atoms with Gasteiger partial charge in [-0.2, -0.15) is 0 Å². The summed E-state index contributed by atoms with van der Waals surface area (Å²) in [5.74, 6) is 0.720. The zero-order valence-electron chi connectivity index (χ0n) is 13.5. The van der Waals surface area contributed by atoms with Crippen molar-refractivity contribution in [3.63, 3.8) is 0 Å². The summed E-state index contributed by atoms with van der Waals surface area (Å²) in [4.78, 5) is 0.288. The third-order valence-corrected chi connectivity index (χ3v) is 5.43. The van der Waals surface area contributed by atoms with Crippen LogP contribution in [0.1, 0.15) is 45.1 Å². The number of ether oxygens (including phenoxy) is 1. The molecule has 0 heterocycles. The predicted molar refractivity (Wildman–Crippen MR) is 87.5 cm³/mol. The van der Waals surface area contributed by atoms with Crippen LogP contribution in [0.5, 0.6) is 5.75 Å². The van der Waals surface area contributed by atoms with Gasteiger partial charge in [0.25, 0.3) is 0 Å². The SMILES string of the molecule is Cc1cc(S(=O)(=O)NC2CCC(N)CC2)ccc1OC(C)C. The van der Waals surface area contributed by atoms with Gasteiger partial charge in [0.1, 0.15) is 5.75 Å². The van der Waals surface area contributed by atoms with Crippen molar-refractivity contribution in [2.45, 2.75) is 69.5 Å². The van der Waals surface area contributed by atoms with Crippen LogP contribution in [-0.4, -0.2) is 26.6 Å². The Morgan fingerprint density at radius 1 is 1.23 bits per heavy atom. The van der Waals surface area contributed by atoms with Gasteiger partial charge in [-0.15, -0.1) is 0 Å². The van der Waals surface area contributed by atoms with Gasteiger partial charge in [-0.3, -0.25) is 0 Å². The Morgan fingerprint density at radius 2 is 1.86 bits per heavy atom. The van der Waals surface area contributed by atoms with Crippen molar-refractivity contribution < 1.29 is 13.2 Å². The molecule has 124 valence electrons. The molecular formula is C16H26N2O3S. The number of rotatable bonds is 5. The Morgan fingerprint density at radius 3 is 2.41 bits per heavy atom. The van der Waals surface area contributed by atoms with Gasteiger partial charge in [0, 0.05) is 12.1 Å². The largest absolute Gasteiger partial charge is 0.491 e. The number of sulfonamides is 1. The summed E-state index contributed by atoms with van der Waals surface area (Å²) in [6.07, 6.45) is 3.40. The van der Waals surface area contributed by atoms with E-state index in [-0.39, 0.29) is 23.1 Å². The minimum absolute atomic E-state index is 0.0169. The lowest BCUT2D eigenvalue weighted by Crippen LogP contribution is -2.40. The molecule has 1 aliphatic carbocycles. The molecule has 1 aromatic rings. The zero-order valence-corrected chi connectivity index (χ0v) is 14.3. The van der Waals surface area contributed by atoms with E-state index in [4.69, 9.17) is 10.5 Å². The number of benzene rings is 1. The van der Waals surface area contributed by atoms with E-state index in [0.29, 0.717) is 0 Å². The Kier molecular flexibility index (Phi) is 5.47. The minimum Gasteiger partial charge on any atom is -0.491 e. The molecule has 0 saturated heterocycles. The number of aryl methyl sites for hydroxylation is 1. The van der Waals surface area contributed by atoms with Crippen molar-refractivity contribution in [2.75, 3.05) is 0 Å². The van der Waals surface area contributed by atoms with Crippen molar-refractivity contribution in [1.82, 2.24) is 4.72 Å². The molecule has 1 saturated carbocycles. The highest BCUT2D eigenvalue weighted by Crippen LogP contribution is 2.24. The molecule has 0 amide bonds. The zero-order chi connectivity index (χ0) is 16.3. The molecule has 22 heavy (non-hydrogen) atoms. The van der Waals surface area contributed by atoms with Crippen molar-refractivity contribution in [2.24, 2.45) is 5.73 Å². The van der Waals surface area contributed by atoms with Gasteiger partial charge in [0.15, 0.2) is 0 Å². The summed E-state index contributed by atoms with van der Waals surface area (Å²) in [6, 6.07) is 5.17. The van der Waals surface area contributed by atoms with Crippen LogP contribution in [-0.2, 0) is 10.0 Å². The van der Waals surface area contributed by atoms with Gasteiger partial charge in [0.05, 0.1) is 11.0 Å². The van der Waals surface area contributed by atoms with E-state index in [1.54, 1.807) is 18.2 Å². The minimum atomic E-state index is -3.49. The molecule has 2 rings (SSSR count). The molecular weight excluding hydrogens is 300 g/mol. The summed E-state index contributed by atoms with van der Waals surface area (Å²) < 4.78 is 33.4. The molecule has 1 fully saturated rings. The highest BCUT2D eigenvalue weighted by atomic mass is 32.2. The summed E-state index contributed by atoms with van der Waals surface area (Å²) in [6.45, 7) is 5.75. The molecule has 1 aromatic carbocycles. The van der Waals surface area contributed by atoms with Gasteiger partial charge in [-0.1, -0.05) is 0 Å². The average Bonchev–Trinajstić information content (AvgIpc) is 2.43. The molecule has 1 aliphatic rings. The van der Waals surface area contributed by atoms with E-state index in [1.165, 1.54) is 0 Å². The van der Waals surface area contributed by atoms with Crippen LogP contribution in [0.15, 0.2) is 23.1 Å². The second-order valence-electron chi connectivity index (χ2n) is 6.33. The first kappa shape index (κ1) is 17.2. The van der Waals surface area contributed by atoms with Gasteiger partial charge in [-0.25, -0.2) is 13.1 Å². The number of hydrogen-bond donors (Lipinski definition) is 2. The first-order valence-electron chi connectivity index (χ1n) is 7.83. The molecule has 0 unspecified atom stereocenters. The average molecular weight is 326 g/mol. The van der Waals surface area contributed by atoms with Crippen molar-refractivity contribution >= 4 is 10.0 Å². The molecule has 0 radical (unpaired) electrons. The molecule has 0 bridgehead atoms. The fraction of sp³-hybridized carbons (Fsp3) is 0.625. The van der Waals surface area contributed by atoms with Crippen LogP contribution in [0.25, 0.3) is 0 Å². The maximum absolute atomic E-state index is 12.5. The topological polar surface area (TPSA) is 81.4 Å². The molecule has 0 aliphatic heterocycles. The summed E-state index contributed by atoms with van der Waals surface area (Å²) in [7, 11) is -3.49. The maximum Gasteiger partial charge on any atom is 0.240 e. The van der Waals surface area contributed by atoms with Crippen LogP contribution in [0, 0.1) is 6.92 Å². The van der Waals surface area contributed by atoms with E-state index in [9.17, 15) is 8.42 Å². The Labute approximate surface area is 133 Å². The fourth-order valence-corrected chi connectivity index (χ4v) is 4.09. The second-order valence-corrected chi connectivity index (χ2v) is 8.04. The van der Waals surface area contributed by atoms with Crippen LogP contribution < -0.4 is 15.2 Å². The van der Waals surface area contributed by atoms with Gasteiger partial charge < -0.3 is 10.5 Å². The van der Waals surface area contributed by atoms with Crippen LogP contribution in [0.2, 0.25) is 0 Å². The number of hydrogen-bond acceptors (Lipinski definition) is 4. The number of nitrogens with two attached hydrogens (primary N) is 1. The molecule has 5 nitrogen and oxygen atoms in total.